The van der Waals surface area contributed by atoms with Crippen molar-refractivity contribution < 1.29 is 42.8 Å². The van der Waals surface area contributed by atoms with Crippen molar-refractivity contribution in [2.24, 2.45) is 13.0 Å². The van der Waals surface area contributed by atoms with Gasteiger partial charge in [-0.1, -0.05) is 72.8 Å². The summed E-state index contributed by atoms with van der Waals surface area (Å²) >= 11 is 0. The molecule has 135 heavy (non-hydrogen) atoms. The highest BCUT2D eigenvalue weighted by Crippen LogP contribution is 2.35. The summed E-state index contributed by atoms with van der Waals surface area (Å²) in [6, 6.07) is 61.5. The number of piperidine rings is 4. The number of aromatic nitrogens is 5. The van der Waals surface area contributed by atoms with Gasteiger partial charge in [-0.25, -0.2) is 39.1 Å². The predicted octanol–water partition coefficient (Wildman–Crippen LogP) is 16.1. The first-order valence-electron chi connectivity index (χ1n) is 45.5. The van der Waals surface area contributed by atoms with Crippen LogP contribution in [0.5, 0.6) is 0 Å². The van der Waals surface area contributed by atoms with Crippen molar-refractivity contribution in [3.63, 3.8) is 0 Å². The second-order valence-corrected chi connectivity index (χ2v) is 34.7. The summed E-state index contributed by atoms with van der Waals surface area (Å²) in [5.41, 5.74) is 17.2. The van der Waals surface area contributed by atoms with Gasteiger partial charge in [0.25, 0.3) is 23.6 Å². The molecule has 8 heterocycles. The number of aryl methyl sites for hydroxylation is 5. The predicted molar refractivity (Wildman–Crippen MR) is 513 cm³/mol. The molecule has 1 unspecified atom stereocenters. The molecular weight excluding hydrogens is 1700 g/mol. The second kappa shape index (κ2) is 47.3. The minimum Gasteiger partial charge on any atom is -0.447 e. The number of hydrogen-bond acceptors (Lipinski definition) is 18. The number of imidazole rings is 1. The first kappa shape index (κ1) is 96.7. The fourth-order valence-electron chi connectivity index (χ4n) is 17.2. The van der Waals surface area contributed by atoms with Crippen LogP contribution in [-0.2, 0) is 26.7 Å². The molecular formula is C104H112N22O9. The van der Waals surface area contributed by atoms with Gasteiger partial charge in [-0.15, -0.1) is 0 Å². The Kier molecular flexibility index (Phi) is 33.9. The van der Waals surface area contributed by atoms with Crippen LogP contribution in [0.1, 0.15) is 207 Å². The summed E-state index contributed by atoms with van der Waals surface area (Å²) in [4.78, 5) is 128. The third-order valence-electron chi connectivity index (χ3n) is 25.3. The Bertz CT molecular complexity index is 6130. The summed E-state index contributed by atoms with van der Waals surface area (Å²) in [6.07, 6.45) is 17.7. The molecule has 8 N–H and O–H groups in total. The molecule has 16 rings (SSSR count). The molecule has 11 aromatic rings. The van der Waals surface area contributed by atoms with Crippen LogP contribution in [0.15, 0.2) is 218 Å². The molecule has 5 aliphatic rings. The van der Waals surface area contributed by atoms with E-state index in [1.165, 1.54) is 41.0 Å². The van der Waals surface area contributed by atoms with Crippen molar-refractivity contribution in [3.05, 3.63) is 320 Å². The number of rotatable bonds is 20. The third kappa shape index (κ3) is 27.4. The van der Waals surface area contributed by atoms with Crippen molar-refractivity contribution in [1.82, 2.24) is 70.3 Å². The van der Waals surface area contributed by atoms with E-state index in [1.54, 1.807) is 61.1 Å². The van der Waals surface area contributed by atoms with Crippen LogP contribution in [0.25, 0.3) is 0 Å². The van der Waals surface area contributed by atoms with Gasteiger partial charge in [-0.3, -0.25) is 19.2 Å². The molecule has 1 atom stereocenters. The highest BCUT2D eigenvalue weighted by molar-refractivity contribution is 6.01. The molecule has 0 bridgehead atoms. The van der Waals surface area contributed by atoms with E-state index in [0.29, 0.717) is 174 Å². The van der Waals surface area contributed by atoms with Crippen molar-refractivity contribution in [3.8, 4) is 24.3 Å². The van der Waals surface area contributed by atoms with Gasteiger partial charge in [-0.2, -0.15) is 21.0 Å². The number of carbonyl (C=O) groups is 8. The van der Waals surface area contributed by atoms with Gasteiger partial charge in [-0.05, 0) is 276 Å². The number of oxazole rings is 1. The number of nitrogens with zero attached hydrogens (tertiary/aromatic N) is 14. The lowest BCUT2D eigenvalue weighted by atomic mass is 9.89. The number of benzene rings is 8. The number of likely N-dealkylation sites (tertiary alicyclic amines) is 5. The zero-order valence-electron chi connectivity index (χ0n) is 76.8. The number of nitriles is 4. The number of anilines is 4. The summed E-state index contributed by atoms with van der Waals surface area (Å²) in [5, 5.41) is 58.5. The Morgan fingerprint density at radius 1 is 0.370 bits per heavy atom. The lowest BCUT2D eigenvalue weighted by molar-refractivity contribution is 0.0705. The number of nitrogens with one attached hydrogen (secondary N) is 8. The molecule has 0 spiro atoms. The molecule has 5 fully saturated rings. The van der Waals surface area contributed by atoms with Crippen LogP contribution < -0.4 is 42.5 Å². The Balaban J connectivity index is 0.000000152. The van der Waals surface area contributed by atoms with Gasteiger partial charge in [0.05, 0.1) is 90.1 Å². The van der Waals surface area contributed by atoms with Crippen LogP contribution >= 0.6 is 0 Å². The van der Waals surface area contributed by atoms with E-state index in [4.69, 9.17) is 25.5 Å². The number of urea groups is 4. The first-order valence-corrected chi connectivity index (χ1v) is 45.5. The molecule has 8 aromatic carbocycles. The van der Waals surface area contributed by atoms with Gasteiger partial charge < -0.3 is 76.0 Å². The minimum absolute atomic E-state index is 0.00395. The Hall–Kier alpha value is -15.9. The maximum Gasteiger partial charge on any atom is 0.319 e. The van der Waals surface area contributed by atoms with Crippen molar-refractivity contribution >= 4 is 70.5 Å². The molecule has 31 nitrogen and oxygen atoms in total. The molecule has 0 saturated carbocycles. The van der Waals surface area contributed by atoms with Crippen molar-refractivity contribution in [2.75, 3.05) is 100 Å². The number of carbonyl (C=O) groups excluding carboxylic acids is 8. The van der Waals surface area contributed by atoms with E-state index < -0.39 is 6.03 Å². The van der Waals surface area contributed by atoms with Gasteiger partial charge in [0.2, 0.25) is 5.89 Å². The topological polar surface area (TPSA) is 414 Å². The first-order chi connectivity index (χ1) is 65.4. The Morgan fingerprint density at radius 3 is 0.978 bits per heavy atom. The van der Waals surface area contributed by atoms with Crippen LogP contribution in [0.4, 0.5) is 41.9 Å². The van der Waals surface area contributed by atoms with Crippen LogP contribution in [0.3, 0.4) is 0 Å². The van der Waals surface area contributed by atoms with E-state index >= 15 is 0 Å². The Morgan fingerprint density at radius 2 is 0.696 bits per heavy atom. The minimum atomic E-state index is -0.399. The summed E-state index contributed by atoms with van der Waals surface area (Å²) < 4.78 is 6.93. The van der Waals surface area contributed by atoms with E-state index in [9.17, 15) is 38.4 Å². The molecule has 5 saturated heterocycles. The summed E-state index contributed by atoms with van der Waals surface area (Å²) in [5.74, 6) is 2.32. The quantitative estimate of drug-likeness (QED) is 0.0351. The third-order valence-corrected chi connectivity index (χ3v) is 25.3. The number of hydrogen-bond donors (Lipinski definition) is 8. The maximum absolute atomic E-state index is 13.2. The van der Waals surface area contributed by atoms with E-state index in [-0.39, 0.29) is 54.8 Å². The van der Waals surface area contributed by atoms with Crippen LogP contribution in [-0.4, -0.2) is 176 Å². The van der Waals surface area contributed by atoms with Gasteiger partial charge >= 0.3 is 24.1 Å². The molecule has 0 radical (unpaired) electrons. The molecule has 0 aliphatic carbocycles. The summed E-state index contributed by atoms with van der Waals surface area (Å²) in [7, 11) is 3.97. The fraction of sp³-hybridized carbons (Fsp3) is 0.327. The summed E-state index contributed by atoms with van der Waals surface area (Å²) in [6.45, 7) is 16.5. The average molecular weight is 1810 g/mol. The maximum atomic E-state index is 13.2. The van der Waals surface area contributed by atoms with E-state index in [0.717, 1.165) is 98.8 Å². The average Bonchev–Trinajstić information content (AvgIpc) is 1.72. The highest BCUT2D eigenvalue weighted by atomic mass is 16.3. The number of amides is 12. The van der Waals surface area contributed by atoms with Gasteiger partial charge in [0.1, 0.15) is 12.6 Å². The smallest absolute Gasteiger partial charge is 0.319 e. The lowest BCUT2D eigenvalue weighted by Crippen LogP contribution is -2.38. The van der Waals surface area contributed by atoms with E-state index in [1.807, 2.05) is 192 Å². The molecule has 3 aromatic heterocycles. The molecule has 12 amide bonds. The van der Waals surface area contributed by atoms with Gasteiger partial charge in [0, 0.05) is 130 Å². The molecule has 31 heteroatoms. The SMILES string of the molecule is Cc1ccc(C(=O)N2CCC(c3ccc(C#N)cc3)CC2)cc1NC(=O)NCC1CCN(C)C1.Cc1ccc(C(=O)N2CCC(c3ccc(C#N)cc3)CC2)cc1NC(=O)NCc1ccncn1.Cc1ccc(C(=O)N2CCC(c3ccc(C#N)cc3)CC2)cc1NC(=O)NCc1cn(C)cn1.Cc1ccc(C(=O)N2CCC(c3ccc(C#N)cc3)CC2)cc1NC(=O)NCc1ncco1. The molecule has 5 aliphatic heterocycles. The Labute approximate surface area is 786 Å². The normalized spacial score (nSPS) is 15.1. The standard InChI is InChI=1S/C27H33N5O2.C26H28N6O2.C26H26N6O2.C25H25N5O3/c1-19-3-6-24(15-25(19)30-27(34)29-17-21-9-12-31(2)18-21)26(33)32-13-10-23(11-14-32)22-7-4-20(16-28)5-8-22;1-18-3-6-22(13-24(18)30-26(34)28-15-23-16-31(2)17-29-23)25(33)32-11-9-21(10-12-32)20-7-4-19(14-27)5-8-20;1-18-2-5-22(14-24(18)31-26(34)29-16-23-8-11-28-17-30-23)25(33)32-12-9-21(10-13-32)20-6-3-19(15-27)4-7-20;1-17-2-5-21(14-22(17)29-25(32)28-16-23-27-10-13-33-23)24(31)30-11-8-20(9-12-30)19-6-3-18(15-26)4-7-19/h3-8,15,21,23H,9-14,17-18H2,1-2H3,(H2,29,30,34);3-8,13,16-17,21H,9-12,15H2,1-2H3,(H2,28,30,34);2-8,11,14,17,21H,9-10,12-13,16H2,1H3,(H2,29,31,34);2-7,10,13-14,20H,8-9,11-12,16H2,1H3,(H2,28,29,32). The second-order valence-electron chi connectivity index (χ2n) is 34.7. The molecule has 692 valence electrons. The fourth-order valence-corrected chi connectivity index (χ4v) is 17.2. The van der Waals surface area contributed by atoms with E-state index in [2.05, 4.69) is 98.7 Å². The van der Waals surface area contributed by atoms with Crippen LogP contribution in [0.2, 0.25) is 0 Å². The zero-order chi connectivity index (χ0) is 95.3. The lowest BCUT2D eigenvalue weighted by Gasteiger charge is -2.32. The van der Waals surface area contributed by atoms with Crippen molar-refractivity contribution in [2.45, 2.75) is 129 Å². The highest BCUT2D eigenvalue weighted by Gasteiger charge is 2.31. The zero-order valence-corrected chi connectivity index (χ0v) is 76.8. The largest absolute Gasteiger partial charge is 0.447 e. The van der Waals surface area contributed by atoms with Crippen LogP contribution in [0, 0.1) is 78.9 Å². The van der Waals surface area contributed by atoms with Crippen molar-refractivity contribution in [1.29, 1.82) is 21.0 Å². The van der Waals surface area contributed by atoms with Gasteiger partial charge in [0.15, 0.2) is 0 Å². The monoisotopic (exact) mass is 1810 g/mol.